The zero-order chi connectivity index (χ0) is 17.1. The first kappa shape index (κ1) is 16.3. The number of aryl methyl sites for hydroxylation is 1. The van der Waals surface area contributed by atoms with Crippen molar-refractivity contribution in [3.05, 3.63) is 69.5 Å². The lowest BCUT2D eigenvalue weighted by molar-refractivity contribution is 0.409. The Hall–Kier alpha value is -2.61. The van der Waals surface area contributed by atoms with Crippen LogP contribution in [0.25, 0.3) is 23.0 Å². The van der Waals surface area contributed by atoms with E-state index in [0.29, 0.717) is 21.4 Å². The average molecular weight is 356 g/mol. The molecular weight excluding hydrogens is 345 g/mol. The summed E-state index contributed by atoms with van der Waals surface area (Å²) in [6.07, 6.45) is 1.54. The smallest absolute Gasteiger partial charge is 0.268 e. The van der Waals surface area contributed by atoms with Crippen molar-refractivity contribution in [2.24, 2.45) is 0 Å². The third-order valence-electron chi connectivity index (χ3n) is 3.38. The van der Waals surface area contributed by atoms with E-state index in [1.807, 2.05) is 37.3 Å². The van der Waals surface area contributed by atoms with Crippen molar-refractivity contribution in [3.63, 3.8) is 0 Å². The molecule has 0 N–H and O–H groups in total. The van der Waals surface area contributed by atoms with Crippen molar-refractivity contribution in [3.8, 4) is 17.5 Å². The third kappa shape index (κ3) is 3.33. The highest BCUT2D eigenvalue weighted by molar-refractivity contribution is 6.37. The minimum atomic E-state index is 0.115. The highest BCUT2D eigenvalue weighted by atomic mass is 35.5. The monoisotopic (exact) mass is 355 g/mol. The van der Waals surface area contributed by atoms with Crippen LogP contribution in [0.1, 0.15) is 17.0 Å². The Balaban J connectivity index is 2.00. The fraction of sp³-hybridized carbons (Fsp3) is 0.0556. The highest BCUT2D eigenvalue weighted by Gasteiger charge is 2.14. The zero-order valence-corrected chi connectivity index (χ0v) is 14.1. The van der Waals surface area contributed by atoms with Crippen molar-refractivity contribution >= 4 is 34.9 Å². The van der Waals surface area contributed by atoms with Crippen LogP contribution >= 0.6 is 23.2 Å². The number of hydrogen-bond acceptors (Lipinski definition) is 4. The first-order chi connectivity index (χ1) is 11.6. The molecule has 0 aliphatic heterocycles. The van der Waals surface area contributed by atoms with Gasteiger partial charge in [-0.25, -0.2) is 0 Å². The molecule has 1 aromatic heterocycles. The van der Waals surface area contributed by atoms with Gasteiger partial charge in [-0.05, 0) is 25.1 Å². The number of hydrogen-bond donors (Lipinski definition) is 0. The predicted octanol–water partition coefficient (Wildman–Crippen LogP) is 5.42. The highest BCUT2D eigenvalue weighted by Crippen LogP contribution is 2.29. The quantitative estimate of drug-likeness (QED) is 0.588. The molecule has 0 unspecified atom stereocenters. The van der Waals surface area contributed by atoms with Crippen LogP contribution in [-0.4, -0.2) is 10.1 Å². The molecule has 3 rings (SSSR count). The summed E-state index contributed by atoms with van der Waals surface area (Å²) in [6, 6.07) is 14.9. The Kier molecular flexibility index (Phi) is 4.66. The molecule has 6 heteroatoms. The SMILES string of the molecule is Cc1ccc(-c2noc(/C(C#N)=C/c3c(Cl)cccc3Cl)n2)cc1. The number of rotatable bonds is 3. The van der Waals surface area contributed by atoms with Gasteiger partial charge in [-0.3, -0.25) is 0 Å². The summed E-state index contributed by atoms with van der Waals surface area (Å²) in [6.45, 7) is 2.00. The maximum Gasteiger partial charge on any atom is 0.268 e. The number of benzene rings is 2. The molecule has 0 saturated heterocycles. The third-order valence-corrected chi connectivity index (χ3v) is 4.03. The Labute approximate surface area is 148 Å². The molecule has 118 valence electrons. The van der Waals surface area contributed by atoms with Crippen molar-refractivity contribution in [2.75, 3.05) is 0 Å². The van der Waals surface area contributed by atoms with Gasteiger partial charge in [0.25, 0.3) is 5.89 Å². The number of nitriles is 1. The molecule has 0 atom stereocenters. The molecule has 0 amide bonds. The second-order valence-electron chi connectivity index (χ2n) is 5.09. The largest absolute Gasteiger partial charge is 0.333 e. The van der Waals surface area contributed by atoms with Crippen LogP contribution in [0.3, 0.4) is 0 Å². The van der Waals surface area contributed by atoms with Crippen LogP contribution in [0.15, 0.2) is 47.0 Å². The fourth-order valence-corrected chi connectivity index (χ4v) is 2.59. The molecule has 0 aliphatic carbocycles. The normalized spacial score (nSPS) is 11.3. The van der Waals surface area contributed by atoms with Gasteiger partial charge in [-0.1, -0.05) is 64.3 Å². The molecular formula is C18H11Cl2N3O. The van der Waals surface area contributed by atoms with Gasteiger partial charge in [0.15, 0.2) is 0 Å². The topological polar surface area (TPSA) is 62.7 Å². The molecule has 1 heterocycles. The minimum absolute atomic E-state index is 0.115. The first-order valence-electron chi connectivity index (χ1n) is 7.05. The van der Waals surface area contributed by atoms with Gasteiger partial charge in [-0.15, -0.1) is 0 Å². The summed E-state index contributed by atoms with van der Waals surface area (Å²) in [5.74, 6) is 0.528. The van der Waals surface area contributed by atoms with Crippen LogP contribution < -0.4 is 0 Å². The standard InChI is InChI=1S/C18H11Cl2N3O/c1-11-5-7-12(8-6-11)17-22-18(24-23-17)13(10-21)9-14-15(19)3-2-4-16(14)20/h2-9H,1H3/b13-9+. The molecule has 0 aliphatic rings. The van der Waals surface area contributed by atoms with E-state index >= 15 is 0 Å². The number of nitrogens with zero attached hydrogens (tertiary/aromatic N) is 3. The zero-order valence-electron chi connectivity index (χ0n) is 12.6. The van der Waals surface area contributed by atoms with Crippen molar-refractivity contribution in [2.45, 2.75) is 6.92 Å². The number of halogens is 2. The van der Waals surface area contributed by atoms with Crippen LogP contribution in [0.4, 0.5) is 0 Å². The summed E-state index contributed by atoms with van der Waals surface area (Å²) in [4.78, 5) is 4.28. The van der Waals surface area contributed by atoms with E-state index in [1.165, 1.54) is 6.08 Å². The van der Waals surface area contributed by atoms with Gasteiger partial charge in [0, 0.05) is 21.2 Å². The van der Waals surface area contributed by atoms with Gasteiger partial charge in [-0.2, -0.15) is 10.2 Å². The maximum atomic E-state index is 9.41. The van der Waals surface area contributed by atoms with Gasteiger partial charge in [0.05, 0.1) is 0 Å². The molecule has 0 spiro atoms. The molecule has 0 saturated carbocycles. The van der Waals surface area contributed by atoms with Crippen molar-refractivity contribution in [1.82, 2.24) is 10.1 Å². The Bertz CT molecular complexity index is 933. The van der Waals surface area contributed by atoms with Crippen LogP contribution in [0, 0.1) is 18.3 Å². The summed E-state index contributed by atoms with van der Waals surface area (Å²) in [5, 5.41) is 14.2. The van der Waals surface area contributed by atoms with Crippen LogP contribution in [-0.2, 0) is 0 Å². The number of allylic oxidation sites excluding steroid dienone is 1. The predicted molar refractivity (Wildman–Crippen MR) is 94.4 cm³/mol. The summed E-state index contributed by atoms with van der Waals surface area (Å²) >= 11 is 12.3. The Morgan fingerprint density at radius 3 is 2.42 bits per heavy atom. The molecule has 0 radical (unpaired) electrons. The van der Waals surface area contributed by atoms with Gasteiger partial charge < -0.3 is 4.52 Å². The lowest BCUT2D eigenvalue weighted by Gasteiger charge is -2.01. The number of aromatic nitrogens is 2. The molecule has 4 nitrogen and oxygen atoms in total. The molecule has 0 bridgehead atoms. The van der Waals surface area contributed by atoms with E-state index in [0.717, 1.165) is 11.1 Å². The second-order valence-corrected chi connectivity index (χ2v) is 5.91. The van der Waals surface area contributed by atoms with E-state index in [1.54, 1.807) is 18.2 Å². The lowest BCUT2D eigenvalue weighted by atomic mass is 10.1. The summed E-state index contributed by atoms with van der Waals surface area (Å²) < 4.78 is 5.22. The van der Waals surface area contributed by atoms with E-state index in [2.05, 4.69) is 10.1 Å². The lowest BCUT2D eigenvalue weighted by Crippen LogP contribution is -1.85. The van der Waals surface area contributed by atoms with Crippen LogP contribution in [0.2, 0.25) is 10.0 Å². The minimum Gasteiger partial charge on any atom is -0.333 e. The average Bonchev–Trinajstić information content (AvgIpc) is 3.05. The maximum absolute atomic E-state index is 9.41. The summed E-state index contributed by atoms with van der Waals surface area (Å²) in [5.41, 5.74) is 2.67. The van der Waals surface area contributed by atoms with Gasteiger partial charge >= 0.3 is 0 Å². The van der Waals surface area contributed by atoms with Crippen molar-refractivity contribution < 1.29 is 4.52 Å². The first-order valence-corrected chi connectivity index (χ1v) is 7.81. The van der Waals surface area contributed by atoms with Crippen LogP contribution in [0.5, 0.6) is 0 Å². The molecule has 3 aromatic rings. The van der Waals surface area contributed by atoms with E-state index in [9.17, 15) is 5.26 Å². The second kappa shape index (κ2) is 6.88. The fourth-order valence-electron chi connectivity index (χ4n) is 2.09. The van der Waals surface area contributed by atoms with Crippen molar-refractivity contribution in [1.29, 1.82) is 5.26 Å². The summed E-state index contributed by atoms with van der Waals surface area (Å²) in [7, 11) is 0. The Morgan fingerprint density at radius 2 is 1.79 bits per heavy atom. The molecule has 0 fully saturated rings. The molecule has 2 aromatic carbocycles. The van der Waals surface area contributed by atoms with E-state index < -0.39 is 0 Å². The van der Waals surface area contributed by atoms with E-state index in [-0.39, 0.29) is 11.5 Å². The molecule has 24 heavy (non-hydrogen) atoms. The van der Waals surface area contributed by atoms with Gasteiger partial charge in [0.1, 0.15) is 11.6 Å². The van der Waals surface area contributed by atoms with Gasteiger partial charge in [0.2, 0.25) is 5.82 Å². The van der Waals surface area contributed by atoms with E-state index in [4.69, 9.17) is 27.7 Å². The Morgan fingerprint density at radius 1 is 1.12 bits per heavy atom.